The highest BCUT2D eigenvalue weighted by atomic mass is 16.5. The lowest BCUT2D eigenvalue weighted by molar-refractivity contribution is -0.144. The first-order chi connectivity index (χ1) is 16.5. The van der Waals surface area contributed by atoms with Crippen LogP contribution < -0.4 is 5.32 Å². The number of oxazole rings is 1. The van der Waals surface area contributed by atoms with E-state index >= 15 is 0 Å². The van der Waals surface area contributed by atoms with Gasteiger partial charge in [0.1, 0.15) is 17.9 Å². The Morgan fingerprint density at radius 1 is 1.03 bits per heavy atom. The Kier molecular flexibility index (Phi) is 7.22. The van der Waals surface area contributed by atoms with Gasteiger partial charge in [0.15, 0.2) is 5.58 Å². The van der Waals surface area contributed by atoms with E-state index < -0.39 is 0 Å². The number of carbonyl (C=O) groups is 2. The summed E-state index contributed by atoms with van der Waals surface area (Å²) in [6.45, 7) is 2.82. The summed E-state index contributed by atoms with van der Waals surface area (Å²) in [4.78, 5) is 29.2. The van der Waals surface area contributed by atoms with Crippen LogP contribution in [0.3, 0.4) is 0 Å². The van der Waals surface area contributed by atoms with Gasteiger partial charge in [-0.05, 0) is 53.9 Å². The highest BCUT2D eigenvalue weighted by Crippen LogP contribution is 2.27. The molecular weight excluding hydrogens is 432 g/mol. The molecule has 7 heteroatoms. The van der Waals surface area contributed by atoms with Crippen LogP contribution in [0.1, 0.15) is 41.3 Å². The van der Waals surface area contributed by atoms with Gasteiger partial charge in [0.2, 0.25) is 5.89 Å². The molecule has 0 aliphatic carbocycles. The maximum absolute atomic E-state index is 12.5. The van der Waals surface area contributed by atoms with Crippen molar-refractivity contribution in [3.05, 3.63) is 83.4 Å². The molecule has 0 radical (unpaired) electrons. The zero-order valence-corrected chi connectivity index (χ0v) is 18.9. The number of aromatic hydroxyl groups is 1. The Balaban J connectivity index is 1.41. The van der Waals surface area contributed by atoms with Crippen molar-refractivity contribution < 1.29 is 23.8 Å². The van der Waals surface area contributed by atoms with Crippen molar-refractivity contribution in [3.8, 4) is 17.2 Å². The SMILES string of the molecule is CCCCNC(=O)c1cccc2nc(-c3ccc(COC(=O)Cc4cccc(O)c4)cc3)oc12. The Morgan fingerprint density at radius 3 is 2.59 bits per heavy atom. The normalized spacial score (nSPS) is 10.9. The number of rotatable bonds is 9. The molecule has 0 aliphatic rings. The molecule has 4 aromatic rings. The number of carbonyl (C=O) groups excluding carboxylic acids is 2. The number of fused-ring (bicyclic) bond motifs is 1. The molecular formula is C27H26N2O5. The second kappa shape index (κ2) is 10.7. The highest BCUT2D eigenvalue weighted by molar-refractivity contribution is 6.04. The summed E-state index contributed by atoms with van der Waals surface area (Å²) in [6.07, 6.45) is 2.01. The van der Waals surface area contributed by atoms with E-state index in [0.717, 1.165) is 24.0 Å². The molecule has 0 fully saturated rings. The van der Waals surface area contributed by atoms with Crippen molar-refractivity contribution in [3.63, 3.8) is 0 Å². The number of para-hydroxylation sites is 1. The Labute approximate surface area is 197 Å². The number of hydrogen-bond acceptors (Lipinski definition) is 6. The quantitative estimate of drug-likeness (QED) is 0.270. The summed E-state index contributed by atoms with van der Waals surface area (Å²) in [5.74, 6) is -0.0245. The van der Waals surface area contributed by atoms with Gasteiger partial charge in [0, 0.05) is 12.1 Å². The van der Waals surface area contributed by atoms with E-state index in [1.54, 1.807) is 30.3 Å². The lowest BCUT2D eigenvalue weighted by Crippen LogP contribution is -2.24. The molecule has 2 N–H and O–H groups in total. The maximum atomic E-state index is 12.5. The standard InChI is InChI=1S/C27H26N2O5/c1-2-3-14-28-26(32)22-8-5-9-23-25(22)34-27(29-23)20-12-10-18(11-13-20)17-33-24(31)16-19-6-4-7-21(30)15-19/h4-13,15,30H,2-3,14,16-17H2,1H3,(H,28,32). The lowest BCUT2D eigenvalue weighted by Gasteiger charge is -2.06. The predicted octanol–water partition coefficient (Wildman–Crippen LogP) is 5.02. The van der Waals surface area contributed by atoms with Crippen molar-refractivity contribution >= 4 is 23.0 Å². The van der Waals surface area contributed by atoms with Gasteiger partial charge < -0.3 is 19.6 Å². The van der Waals surface area contributed by atoms with Gasteiger partial charge in [-0.3, -0.25) is 9.59 Å². The van der Waals surface area contributed by atoms with Gasteiger partial charge in [-0.1, -0.05) is 43.7 Å². The smallest absolute Gasteiger partial charge is 0.310 e. The largest absolute Gasteiger partial charge is 0.508 e. The van der Waals surface area contributed by atoms with E-state index in [4.69, 9.17) is 9.15 Å². The Morgan fingerprint density at radius 2 is 1.82 bits per heavy atom. The van der Waals surface area contributed by atoms with E-state index in [1.807, 2.05) is 30.3 Å². The molecule has 7 nitrogen and oxygen atoms in total. The third-order valence-corrected chi connectivity index (χ3v) is 5.34. The summed E-state index contributed by atoms with van der Waals surface area (Å²) in [5, 5.41) is 12.4. The van der Waals surface area contributed by atoms with E-state index in [-0.39, 0.29) is 30.7 Å². The first kappa shape index (κ1) is 23.0. The Bertz CT molecular complexity index is 1290. The molecule has 3 aromatic carbocycles. The van der Waals surface area contributed by atoms with Gasteiger partial charge >= 0.3 is 5.97 Å². The van der Waals surface area contributed by atoms with Crippen LogP contribution in [0.15, 0.2) is 71.1 Å². The van der Waals surface area contributed by atoms with Crippen LogP contribution in [0.4, 0.5) is 0 Å². The predicted molar refractivity (Wildman–Crippen MR) is 128 cm³/mol. The molecule has 4 rings (SSSR count). The zero-order chi connectivity index (χ0) is 23.9. The van der Waals surface area contributed by atoms with Gasteiger partial charge in [0.05, 0.1) is 12.0 Å². The van der Waals surface area contributed by atoms with Crippen molar-refractivity contribution in [2.75, 3.05) is 6.54 Å². The summed E-state index contributed by atoms with van der Waals surface area (Å²) >= 11 is 0. The molecule has 174 valence electrons. The average Bonchev–Trinajstić information content (AvgIpc) is 3.28. The highest BCUT2D eigenvalue weighted by Gasteiger charge is 2.16. The molecule has 0 unspecified atom stereocenters. The third-order valence-electron chi connectivity index (χ3n) is 5.34. The lowest BCUT2D eigenvalue weighted by atomic mass is 10.1. The molecule has 0 spiro atoms. The number of phenolic OH excluding ortho intramolecular Hbond substituents is 1. The number of esters is 1. The number of ether oxygens (including phenoxy) is 1. The van der Waals surface area contributed by atoms with Gasteiger partial charge in [-0.15, -0.1) is 0 Å². The minimum atomic E-state index is -0.377. The van der Waals surface area contributed by atoms with E-state index in [9.17, 15) is 14.7 Å². The topological polar surface area (TPSA) is 102 Å². The number of aromatic nitrogens is 1. The van der Waals surface area contributed by atoms with Crippen molar-refractivity contribution in [1.29, 1.82) is 0 Å². The Hall–Kier alpha value is -4.13. The van der Waals surface area contributed by atoms with E-state index in [1.165, 1.54) is 6.07 Å². The molecule has 0 atom stereocenters. The van der Waals surface area contributed by atoms with Crippen LogP contribution in [0.5, 0.6) is 5.75 Å². The van der Waals surface area contributed by atoms with Crippen LogP contribution in [-0.2, 0) is 22.6 Å². The summed E-state index contributed by atoms with van der Waals surface area (Å²) in [6, 6.07) is 19.2. The fourth-order valence-corrected chi connectivity index (χ4v) is 3.52. The summed E-state index contributed by atoms with van der Waals surface area (Å²) in [5.41, 5.74) is 3.79. The summed E-state index contributed by atoms with van der Waals surface area (Å²) in [7, 11) is 0. The zero-order valence-electron chi connectivity index (χ0n) is 18.9. The number of unbranched alkanes of at least 4 members (excludes halogenated alkanes) is 1. The molecule has 34 heavy (non-hydrogen) atoms. The van der Waals surface area contributed by atoms with E-state index in [2.05, 4.69) is 17.2 Å². The van der Waals surface area contributed by atoms with Crippen molar-refractivity contribution in [1.82, 2.24) is 10.3 Å². The molecule has 0 aliphatic heterocycles. The minimum Gasteiger partial charge on any atom is -0.508 e. The van der Waals surface area contributed by atoms with E-state index in [0.29, 0.717) is 34.7 Å². The van der Waals surface area contributed by atoms with Crippen LogP contribution in [0, 0.1) is 0 Å². The number of amides is 1. The van der Waals surface area contributed by atoms with Gasteiger partial charge in [-0.2, -0.15) is 0 Å². The maximum Gasteiger partial charge on any atom is 0.310 e. The van der Waals surface area contributed by atoms with Gasteiger partial charge in [0.25, 0.3) is 5.91 Å². The number of phenols is 1. The van der Waals surface area contributed by atoms with Crippen molar-refractivity contribution in [2.24, 2.45) is 0 Å². The van der Waals surface area contributed by atoms with Crippen LogP contribution in [0.25, 0.3) is 22.6 Å². The second-order valence-electron chi connectivity index (χ2n) is 7.99. The fraction of sp³-hybridized carbons (Fsp3) is 0.222. The number of nitrogens with one attached hydrogen (secondary N) is 1. The molecule has 1 aromatic heterocycles. The summed E-state index contributed by atoms with van der Waals surface area (Å²) < 4.78 is 11.3. The number of benzene rings is 3. The monoisotopic (exact) mass is 458 g/mol. The number of hydrogen-bond donors (Lipinski definition) is 2. The molecule has 1 amide bonds. The number of nitrogens with zero attached hydrogens (tertiary/aromatic N) is 1. The van der Waals surface area contributed by atoms with Gasteiger partial charge in [-0.25, -0.2) is 4.98 Å². The minimum absolute atomic E-state index is 0.0870. The average molecular weight is 459 g/mol. The fourth-order valence-electron chi connectivity index (χ4n) is 3.52. The first-order valence-electron chi connectivity index (χ1n) is 11.2. The molecule has 1 heterocycles. The second-order valence-corrected chi connectivity index (χ2v) is 7.99. The van der Waals surface area contributed by atoms with Crippen LogP contribution in [-0.4, -0.2) is 28.5 Å². The van der Waals surface area contributed by atoms with Crippen LogP contribution >= 0.6 is 0 Å². The van der Waals surface area contributed by atoms with Crippen LogP contribution in [0.2, 0.25) is 0 Å². The molecule has 0 saturated heterocycles. The molecule has 0 saturated carbocycles. The van der Waals surface area contributed by atoms with Crippen molar-refractivity contribution in [2.45, 2.75) is 32.8 Å². The third kappa shape index (κ3) is 5.61. The first-order valence-corrected chi connectivity index (χ1v) is 11.2. The molecule has 0 bridgehead atoms.